The van der Waals surface area contributed by atoms with Crippen LogP contribution in [0.15, 0.2) is 48.5 Å². The van der Waals surface area contributed by atoms with Gasteiger partial charge in [0.15, 0.2) is 11.5 Å². The molecule has 1 heterocycles. The molecular weight excluding hydrogens is 238 g/mol. The summed E-state index contributed by atoms with van der Waals surface area (Å²) in [4.78, 5) is 0. The molecule has 1 aliphatic heterocycles. The van der Waals surface area contributed by atoms with Crippen LogP contribution in [0.1, 0.15) is 11.1 Å². The van der Waals surface area contributed by atoms with Crippen molar-refractivity contribution in [3.05, 3.63) is 59.7 Å². The van der Waals surface area contributed by atoms with E-state index in [9.17, 15) is 5.26 Å². The summed E-state index contributed by atoms with van der Waals surface area (Å²) < 4.78 is 10.6. The summed E-state index contributed by atoms with van der Waals surface area (Å²) in [6.45, 7) is 0.256. The van der Waals surface area contributed by atoms with Crippen molar-refractivity contribution in [3.63, 3.8) is 0 Å². The number of rotatable bonds is 2. The highest BCUT2D eigenvalue weighted by molar-refractivity contribution is 5.89. The van der Waals surface area contributed by atoms with Crippen molar-refractivity contribution in [3.8, 4) is 17.6 Å². The van der Waals surface area contributed by atoms with Crippen molar-refractivity contribution in [1.82, 2.24) is 0 Å². The fourth-order valence-corrected chi connectivity index (χ4v) is 1.97. The summed E-state index contributed by atoms with van der Waals surface area (Å²) in [7, 11) is 0. The lowest BCUT2D eigenvalue weighted by molar-refractivity contribution is 0.174. The van der Waals surface area contributed by atoms with E-state index in [4.69, 9.17) is 9.47 Å². The molecule has 0 aromatic heterocycles. The van der Waals surface area contributed by atoms with Crippen molar-refractivity contribution < 1.29 is 9.47 Å². The first kappa shape index (κ1) is 11.4. The number of fused-ring (bicyclic) bond motifs is 1. The summed E-state index contributed by atoms with van der Waals surface area (Å²) in [6, 6.07) is 17.5. The second kappa shape index (κ2) is 4.87. The molecule has 0 spiro atoms. The first-order valence-electron chi connectivity index (χ1n) is 5.94. The third-order valence-corrected chi connectivity index (χ3v) is 2.91. The van der Waals surface area contributed by atoms with Gasteiger partial charge in [0, 0.05) is 0 Å². The monoisotopic (exact) mass is 249 g/mol. The minimum atomic E-state index is 0.256. The number of nitrogens with zero attached hydrogens (tertiary/aromatic N) is 1. The molecule has 0 atom stereocenters. The van der Waals surface area contributed by atoms with Gasteiger partial charge in [-0.3, -0.25) is 0 Å². The highest BCUT2D eigenvalue weighted by atomic mass is 16.7. The molecule has 3 heteroatoms. The Morgan fingerprint density at radius 2 is 1.84 bits per heavy atom. The van der Waals surface area contributed by atoms with Crippen LogP contribution in [-0.4, -0.2) is 6.79 Å². The fraction of sp³-hybridized carbons (Fsp3) is 0.0625. The normalized spacial score (nSPS) is 13.1. The predicted molar refractivity (Wildman–Crippen MR) is 72.5 cm³/mol. The number of allylic oxidation sites excluding steroid dienone is 1. The minimum absolute atomic E-state index is 0.256. The molecule has 0 amide bonds. The van der Waals surface area contributed by atoms with Gasteiger partial charge >= 0.3 is 0 Å². The molecule has 0 unspecified atom stereocenters. The van der Waals surface area contributed by atoms with Crippen LogP contribution >= 0.6 is 0 Å². The zero-order valence-corrected chi connectivity index (χ0v) is 10.2. The molecule has 0 saturated heterocycles. The van der Waals surface area contributed by atoms with Crippen molar-refractivity contribution in [2.75, 3.05) is 6.79 Å². The smallest absolute Gasteiger partial charge is 0.231 e. The lowest BCUT2D eigenvalue weighted by atomic mass is 10.0. The van der Waals surface area contributed by atoms with Gasteiger partial charge in [0.2, 0.25) is 6.79 Å². The van der Waals surface area contributed by atoms with Crippen LogP contribution < -0.4 is 9.47 Å². The molecule has 3 rings (SSSR count). The van der Waals surface area contributed by atoms with Crippen molar-refractivity contribution >= 4 is 11.6 Å². The zero-order chi connectivity index (χ0) is 13.1. The van der Waals surface area contributed by atoms with Gasteiger partial charge in [-0.1, -0.05) is 36.4 Å². The molecule has 3 nitrogen and oxygen atoms in total. The van der Waals surface area contributed by atoms with E-state index in [1.807, 2.05) is 54.6 Å². The van der Waals surface area contributed by atoms with Gasteiger partial charge in [0.1, 0.15) is 0 Å². The molecule has 19 heavy (non-hydrogen) atoms. The summed E-state index contributed by atoms with van der Waals surface area (Å²) >= 11 is 0. The molecule has 0 radical (unpaired) electrons. The summed E-state index contributed by atoms with van der Waals surface area (Å²) in [5.41, 5.74) is 2.45. The first-order chi connectivity index (χ1) is 9.36. The van der Waals surface area contributed by atoms with Crippen LogP contribution in [0, 0.1) is 11.3 Å². The largest absolute Gasteiger partial charge is 0.454 e. The topological polar surface area (TPSA) is 42.2 Å². The van der Waals surface area contributed by atoms with Gasteiger partial charge in [-0.2, -0.15) is 5.26 Å². The van der Waals surface area contributed by atoms with E-state index >= 15 is 0 Å². The molecule has 0 aliphatic carbocycles. The third kappa shape index (κ3) is 2.29. The Hall–Kier alpha value is -2.73. The Morgan fingerprint density at radius 1 is 1.05 bits per heavy atom. The minimum Gasteiger partial charge on any atom is -0.454 e. The summed E-state index contributed by atoms with van der Waals surface area (Å²) in [5.74, 6) is 1.47. The standard InChI is InChI=1S/C16H11NO2/c17-10-14(13-4-2-1-3-5-13)8-12-6-7-15-16(9-12)19-11-18-15/h1-9H,11H2/b14-8+. The molecule has 0 N–H and O–H groups in total. The molecule has 0 fully saturated rings. The Morgan fingerprint density at radius 3 is 2.63 bits per heavy atom. The molecular formula is C16H11NO2. The van der Waals surface area contributed by atoms with E-state index in [1.54, 1.807) is 0 Å². The lowest BCUT2D eigenvalue weighted by Crippen LogP contribution is -1.92. The molecule has 1 aliphatic rings. The average Bonchev–Trinajstić information content (AvgIpc) is 2.93. The Bertz CT molecular complexity index is 669. The third-order valence-electron chi connectivity index (χ3n) is 2.91. The molecule has 92 valence electrons. The molecule has 0 bridgehead atoms. The van der Waals surface area contributed by atoms with E-state index in [-0.39, 0.29) is 6.79 Å². The van der Waals surface area contributed by atoms with Crippen LogP contribution in [0.2, 0.25) is 0 Å². The fourth-order valence-electron chi connectivity index (χ4n) is 1.97. The van der Waals surface area contributed by atoms with E-state index in [0.717, 1.165) is 22.6 Å². The maximum Gasteiger partial charge on any atom is 0.231 e. The Labute approximate surface area is 111 Å². The number of benzene rings is 2. The van der Waals surface area contributed by atoms with Crippen LogP contribution in [0.3, 0.4) is 0 Å². The van der Waals surface area contributed by atoms with Gasteiger partial charge < -0.3 is 9.47 Å². The maximum atomic E-state index is 9.26. The van der Waals surface area contributed by atoms with Crippen LogP contribution in [0.4, 0.5) is 0 Å². The highest BCUT2D eigenvalue weighted by Crippen LogP contribution is 2.33. The van der Waals surface area contributed by atoms with Crippen LogP contribution in [0.25, 0.3) is 11.6 Å². The van der Waals surface area contributed by atoms with Crippen molar-refractivity contribution in [2.24, 2.45) is 0 Å². The number of nitriles is 1. The van der Waals surface area contributed by atoms with E-state index in [1.165, 1.54) is 0 Å². The first-order valence-corrected chi connectivity index (χ1v) is 5.94. The molecule has 2 aromatic carbocycles. The van der Waals surface area contributed by atoms with Gasteiger partial charge in [0.05, 0.1) is 11.6 Å². The van der Waals surface area contributed by atoms with Crippen LogP contribution in [-0.2, 0) is 0 Å². The second-order valence-electron chi connectivity index (χ2n) is 4.15. The van der Waals surface area contributed by atoms with Gasteiger partial charge in [-0.25, -0.2) is 0 Å². The Balaban J connectivity index is 1.98. The molecule has 2 aromatic rings. The second-order valence-corrected chi connectivity index (χ2v) is 4.15. The van der Waals surface area contributed by atoms with Crippen LogP contribution in [0.5, 0.6) is 11.5 Å². The van der Waals surface area contributed by atoms with Crippen molar-refractivity contribution in [1.29, 1.82) is 5.26 Å². The predicted octanol–water partition coefficient (Wildman–Crippen LogP) is 3.48. The maximum absolute atomic E-state index is 9.26. The highest BCUT2D eigenvalue weighted by Gasteiger charge is 2.12. The Kier molecular flexibility index (Phi) is 2.91. The summed E-state index contributed by atoms with van der Waals surface area (Å²) in [5, 5.41) is 9.26. The molecule has 0 saturated carbocycles. The van der Waals surface area contributed by atoms with E-state index in [0.29, 0.717) is 5.57 Å². The van der Waals surface area contributed by atoms with Gasteiger partial charge in [-0.05, 0) is 29.3 Å². The lowest BCUT2D eigenvalue weighted by Gasteiger charge is -2.01. The van der Waals surface area contributed by atoms with Gasteiger partial charge in [-0.15, -0.1) is 0 Å². The number of hydrogen-bond acceptors (Lipinski definition) is 3. The van der Waals surface area contributed by atoms with Crippen molar-refractivity contribution in [2.45, 2.75) is 0 Å². The number of ether oxygens (including phenoxy) is 2. The SMILES string of the molecule is N#C/C(=C\c1ccc2c(c1)OCO2)c1ccccc1. The van der Waals surface area contributed by atoms with E-state index < -0.39 is 0 Å². The average molecular weight is 249 g/mol. The zero-order valence-electron chi connectivity index (χ0n) is 10.2. The van der Waals surface area contributed by atoms with Gasteiger partial charge in [0.25, 0.3) is 0 Å². The summed E-state index contributed by atoms with van der Waals surface area (Å²) in [6.07, 6.45) is 1.84. The number of hydrogen-bond donors (Lipinski definition) is 0. The van der Waals surface area contributed by atoms with E-state index in [2.05, 4.69) is 6.07 Å². The quantitative estimate of drug-likeness (QED) is 0.604.